The number of benzene rings is 1. The lowest BCUT2D eigenvalue weighted by atomic mass is 9.85. The summed E-state index contributed by atoms with van der Waals surface area (Å²) in [7, 11) is 1.39. The first-order chi connectivity index (χ1) is 8.01. The van der Waals surface area contributed by atoms with Crippen LogP contribution in [0.25, 0.3) is 0 Å². The van der Waals surface area contributed by atoms with Gasteiger partial charge in [-0.1, -0.05) is 23.8 Å². The maximum atomic E-state index is 11.6. The molecule has 1 fully saturated rings. The molecule has 1 unspecified atom stereocenters. The summed E-state index contributed by atoms with van der Waals surface area (Å²) >= 11 is 0. The van der Waals surface area contributed by atoms with Crippen LogP contribution in [0.15, 0.2) is 18.2 Å². The molecule has 0 aliphatic heterocycles. The molecule has 0 saturated heterocycles. The van der Waals surface area contributed by atoms with Gasteiger partial charge in [-0.15, -0.1) is 0 Å². The monoisotopic (exact) mass is 233 g/mol. The molecule has 3 nitrogen and oxygen atoms in total. The minimum atomic E-state index is -0.547. The van der Waals surface area contributed by atoms with Gasteiger partial charge in [0.05, 0.1) is 7.11 Å². The van der Waals surface area contributed by atoms with Crippen LogP contribution < -0.4 is 5.73 Å². The number of nitrogens with two attached hydrogens (primary N) is 1. The van der Waals surface area contributed by atoms with E-state index in [4.69, 9.17) is 10.5 Å². The number of esters is 1. The molecule has 0 spiro atoms. The summed E-state index contributed by atoms with van der Waals surface area (Å²) in [5.74, 6) is -0.317. The maximum Gasteiger partial charge on any atom is 0.323 e. The Bertz CT molecular complexity index is 450. The Morgan fingerprint density at radius 2 is 2.06 bits per heavy atom. The minimum Gasteiger partial charge on any atom is -0.468 e. The average Bonchev–Trinajstić information content (AvgIpc) is 3.08. The quantitative estimate of drug-likeness (QED) is 0.810. The molecule has 0 heterocycles. The molecule has 1 aromatic carbocycles. The molecule has 17 heavy (non-hydrogen) atoms. The van der Waals surface area contributed by atoms with E-state index in [9.17, 15) is 4.79 Å². The molecule has 0 aromatic heterocycles. The fourth-order valence-electron chi connectivity index (χ4n) is 2.61. The van der Waals surface area contributed by atoms with Crippen LogP contribution in [0.3, 0.4) is 0 Å². The van der Waals surface area contributed by atoms with E-state index < -0.39 is 6.04 Å². The number of carbonyl (C=O) groups is 1. The van der Waals surface area contributed by atoms with Gasteiger partial charge < -0.3 is 10.5 Å². The van der Waals surface area contributed by atoms with Gasteiger partial charge >= 0.3 is 5.97 Å². The highest BCUT2D eigenvalue weighted by atomic mass is 16.5. The summed E-state index contributed by atoms with van der Waals surface area (Å²) in [4.78, 5) is 11.6. The molecular formula is C14H19NO2. The fourth-order valence-corrected chi connectivity index (χ4v) is 2.61. The van der Waals surface area contributed by atoms with Crippen LogP contribution in [0.1, 0.15) is 29.5 Å². The number of methoxy groups -OCH3 is 1. The SMILES string of the molecule is COC(=O)C(N)C1(c2ccc(C)cc2C)CC1. The molecule has 2 rings (SSSR count). The fraction of sp³-hybridized carbons (Fsp3) is 0.500. The van der Waals surface area contributed by atoms with Gasteiger partial charge in [0.2, 0.25) is 0 Å². The smallest absolute Gasteiger partial charge is 0.323 e. The number of ether oxygens (including phenoxy) is 1. The largest absolute Gasteiger partial charge is 0.468 e. The Kier molecular flexibility index (Phi) is 2.96. The molecule has 1 atom stereocenters. The van der Waals surface area contributed by atoms with Crippen LogP contribution in [0.5, 0.6) is 0 Å². The molecule has 1 saturated carbocycles. The van der Waals surface area contributed by atoms with Gasteiger partial charge in [0.15, 0.2) is 0 Å². The summed E-state index contributed by atoms with van der Waals surface area (Å²) < 4.78 is 4.76. The number of carbonyl (C=O) groups excluding carboxylic acids is 1. The second-order valence-corrected chi connectivity index (χ2v) is 4.98. The normalized spacial score (nSPS) is 18.6. The zero-order chi connectivity index (χ0) is 12.6. The first kappa shape index (κ1) is 12.1. The molecule has 0 radical (unpaired) electrons. The van der Waals surface area contributed by atoms with E-state index in [2.05, 4.69) is 32.0 Å². The van der Waals surface area contributed by atoms with Crippen molar-refractivity contribution in [2.45, 2.75) is 38.1 Å². The second-order valence-electron chi connectivity index (χ2n) is 4.98. The number of rotatable bonds is 3. The van der Waals surface area contributed by atoms with Crippen LogP contribution in [-0.2, 0) is 14.9 Å². The average molecular weight is 233 g/mol. The summed E-state index contributed by atoms with van der Waals surface area (Å²) in [6, 6.07) is 5.76. The maximum absolute atomic E-state index is 11.6. The Hall–Kier alpha value is -1.35. The third-order valence-electron chi connectivity index (χ3n) is 3.76. The lowest BCUT2D eigenvalue weighted by Gasteiger charge is -2.23. The van der Waals surface area contributed by atoms with E-state index in [0.717, 1.165) is 12.8 Å². The lowest BCUT2D eigenvalue weighted by molar-refractivity contribution is -0.143. The highest BCUT2D eigenvalue weighted by Gasteiger charge is 2.53. The molecule has 1 aliphatic carbocycles. The first-order valence-electron chi connectivity index (χ1n) is 5.92. The van der Waals surface area contributed by atoms with E-state index in [0.29, 0.717) is 0 Å². The number of aryl methyl sites for hydroxylation is 2. The minimum absolute atomic E-state index is 0.190. The van der Waals surface area contributed by atoms with Gasteiger partial charge in [-0.3, -0.25) is 4.79 Å². The van der Waals surface area contributed by atoms with Gasteiger partial charge in [0.1, 0.15) is 6.04 Å². The van der Waals surface area contributed by atoms with Crippen molar-refractivity contribution >= 4 is 5.97 Å². The molecule has 0 bridgehead atoms. The number of hydrogen-bond acceptors (Lipinski definition) is 3. The Balaban J connectivity index is 2.36. The van der Waals surface area contributed by atoms with Gasteiger partial charge in [-0.05, 0) is 37.8 Å². The summed E-state index contributed by atoms with van der Waals surface area (Å²) in [5.41, 5.74) is 9.48. The molecule has 92 valence electrons. The standard InChI is InChI=1S/C14H19NO2/c1-9-4-5-11(10(2)8-9)14(6-7-14)12(15)13(16)17-3/h4-5,8,12H,6-7,15H2,1-3H3. The van der Waals surface area contributed by atoms with Gasteiger partial charge in [-0.2, -0.15) is 0 Å². The van der Waals surface area contributed by atoms with Crippen LogP contribution in [0.2, 0.25) is 0 Å². The molecular weight excluding hydrogens is 214 g/mol. The van der Waals surface area contributed by atoms with Crippen molar-refractivity contribution in [3.8, 4) is 0 Å². The van der Waals surface area contributed by atoms with Crippen molar-refractivity contribution in [1.82, 2.24) is 0 Å². The summed E-state index contributed by atoms with van der Waals surface area (Å²) in [5, 5.41) is 0. The Labute approximate surface area is 102 Å². The molecule has 1 aromatic rings. The van der Waals surface area contributed by atoms with E-state index in [-0.39, 0.29) is 11.4 Å². The Morgan fingerprint density at radius 1 is 1.41 bits per heavy atom. The first-order valence-corrected chi connectivity index (χ1v) is 5.92. The predicted molar refractivity (Wildman–Crippen MR) is 66.8 cm³/mol. The van der Waals surface area contributed by atoms with Crippen LogP contribution in [-0.4, -0.2) is 19.1 Å². The summed E-state index contributed by atoms with van der Waals surface area (Å²) in [6.07, 6.45) is 1.93. The van der Waals surface area contributed by atoms with E-state index >= 15 is 0 Å². The molecule has 3 heteroatoms. The van der Waals surface area contributed by atoms with Crippen LogP contribution >= 0.6 is 0 Å². The van der Waals surface area contributed by atoms with Crippen molar-refractivity contribution in [1.29, 1.82) is 0 Å². The molecule has 2 N–H and O–H groups in total. The van der Waals surface area contributed by atoms with Crippen molar-refractivity contribution in [3.05, 3.63) is 34.9 Å². The molecule has 1 aliphatic rings. The third kappa shape index (κ3) is 1.95. The highest BCUT2D eigenvalue weighted by Crippen LogP contribution is 2.51. The highest BCUT2D eigenvalue weighted by molar-refractivity contribution is 5.79. The Morgan fingerprint density at radius 3 is 2.53 bits per heavy atom. The third-order valence-corrected chi connectivity index (χ3v) is 3.76. The zero-order valence-electron chi connectivity index (χ0n) is 10.6. The van der Waals surface area contributed by atoms with E-state index in [1.54, 1.807) is 0 Å². The second kappa shape index (κ2) is 4.15. The topological polar surface area (TPSA) is 52.3 Å². The van der Waals surface area contributed by atoms with Gasteiger partial charge in [0, 0.05) is 5.41 Å². The van der Waals surface area contributed by atoms with Crippen LogP contribution in [0, 0.1) is 13.8 Å². The van der Waals surface area contributed by atoms with Crippen molar-refractivity contribution in [2.24, 2.45) is 5.73 Å². The van der Waals surface area contributed by atoms with E-state index in [1.165, 1.54) is 23.8 Å². The van der Waals surface area contributed by atoms with Crippen molar-refractivity contribution in [3.63, 3.8) is 0 Å². The van der Waals surface area contributed by atoms with Crippen LogP contribution in [0.4, 0.5) is 0 Å². The lowest BCUT2D eigenvalue weighted by Crippen LogP contribution is -2.43. The van der Waals surface area contributed by atoms with Crippen molar-refractivity contribution < 1.29 is 9.53 Å². The van der Waals surface area contributed by atoms with E-state index in [1.807, 2.05) is 0 Å². The number of hydrogen-bond donors (Lipinski definition) is 1. The van der Waals surface area contributed by atoms with Crippen molar-refractivity contribution in [2.75, 3.05) is 7.11 Å². The van der Waals surface area contributed by atoms with Gasteiger partial charge in [-0.25, -0.2) is 0 Å². The summed E-state index contributed by atoms with van der Waals surface area (Å²) in [6.45, 7) is 4.14. The molecule has 0 amide bonds. The predicted octanol–water partition coefficient (Wildman–Crippen LogP) is 1.84. The zero-order valence-corrected chi connectivity index (χ0v) is 10.6. The van der Waals surface area contributed by atoms with Gasteiger partial charge in [0.25, 0.3) is 0 Å².